The maximum absolute atomic E-state index is 12.3. The molecular formula is C22H28N2O9. The molecule has 180 valence electrons. The van der Waals surface area contributed by atoms with Gasteiger partial charge >= 0.3 is 0 Å². The highest BCUT2D eigenvalue weighted by Gasteiger charge is 2.31. The van der Waals surface area contributed by atoms with E-state index in [1.54, 1.807) is 0 Å². The summed E-state index contributed by atoms with van der Waals surface area (Å²) in [6, 6.07) is 11.9. The van der Waals surface area contributed by atoms with Crippen molar-refractivity contribution in [1.29, 1.82) is 0 Å². The van der Waals surface area contributed by atoms with Crippen LogP contribution in [0.5, 0.6) is 11.5 Å². The summed E-state index contributed by atoms with van der Waals surface area (Å²) in [4.78, 5) is 24.6. The lowest BCUT2D eigenvalue weighted by Gasteiger charge is -2.28. The topological polar surface area (TPSA) is 189 Å². The van der Waals surface area contributed by atoms with Crippen LogP contribution in [0.4, 0.5) is 0 Å². The van der Waals surface area contributed by atoms with E-state index in [4.69, 9.17) is 4.74 Å². The van der Waals surface area contributed by atoms with Gasteiger partial charge in [0.2, 0.25) is 0 Å². The Hall–Kier alpha value is -3.06. The Morgan fingerprint density at radius 2 is 0.848 bits per heavy atom. The maximum Gasteiger partial charge on any atom is 0.251 e. The highest BCUT2D eigenvalue weighted by molar-refractivity contribution is 5.95. The van der Waals surface area contributed by atoms with Crippen molar-refractivity contribution in [1.82, 2.24) is 10.6 Å². The van der Waals surface area contributed by atoms with Gasteiger partial charge in [-0.2, -0.15) is 0 Å². The van der Waals surface area contributed by atoms with E-state index in [1.165, 1.54) is 48.5 Å². The lowest BCUT2D eigenvalue weighted by Crippen LogP contribution is -2.57. The number of rotatable bonds is 12. The largest absolute Gasteiger partial charge is 0.457 e. The summed E-state index contributed by atoms with van der Waals surface area (Å²) in [5.74, 6) is -0.416. The van der Waals surface area contributed by atoms with Crippen molar-refractivity contribution in [3.8, 4) is 11.5 Å². The zero-order chi connectivity index (χ0) is 24.5. The number of hydrogen-bond donors (Lipinski definition) is 8. The first-order chi connectivity index (χ1) is 15.8. The minimum Gasteiger partial charge on any atom is -0.457 e. The fourth-order valence-electron chi connectivity index (χ4n) is 2.65. The number of benzene rings is 2. The Labute approximate surface area is 189 Å². The van der Waals surface area contributed by atoms with Crippen LogP contribution in [0.2, 0.25) is 0 Å². The molecule has 0 spiro atoms. The van der Waals surface area contributed by atoms with Gasteiger partial charge in [-0.3, -0.25) is 9.59 Å². The molecule has 0 atom stereocenters. The van der Waals surface area contributed by atoms with Gasteiger partial charge in [0.05, 0.1) is 39.6 Å². The average Bonchev–Trinajstić information content (AvgIpc) is 2.86. The molecule has 2 amide bonds. The lowest BCUT2D eigenvalue weighted by molar-refractivity contribution is 0.0375. The van der Waals surface area contributed by atoms with Crippen molar-refractivity contribution in [3.05, 3.63) is 59.7 Å². The van der Waals surface area contributed by atoms with Gasteiger partial charge in [-0.05, 0) is 48.5 Å². The number of carbonyl (C=O) groups excluding carboxylic acids is 2. The molecule has 0 fully saturated rings. The Bertz CT molecular complexity index is 816. The molecule has 0 heterocycles. The molecule has 0 aliphatic heterocycles. The molecule has 2 aromatic carbocycles. The number of aliphatic hydroxyl groups excluding tert-OH is 6. The number of hydrogen-bond acceptors (Lipinski definition) is 9. The van der Waals surface area contributed by atoms with Gasteiger partial charge in [0, 0.05) is 11.1 Å². The summed E-state index contributed by atoms with van der Waals surface area (Å²) in [6.07, 6.45) is 0. The quantitative estimate of drug-likeness (QED) is 0.182. The second kappa shape index (κ2) is 11.7. The van der Waals surface area contributed by atoms with Crippen molar-refractivity contribution in [2.75, 3.05) is 39.6 Å². The molecule has 0 unspecified atom stereocenters. The number of nitrogens with one attached hydrogen (secondary N) is 2. The highest BCUT2D eigenvalue weighted by Crippen LogP contribution is 2.22. The van der Waals surface area contributed by atoms with E-state index >= 15 is 0 Å². The second-order valence-corrected chi connectivity index (χ2v) is 7.57. The van der Waals surface area contributed by atoms with Gasteiger partial charge < -0.3 is 46.0 Å². The van der Waals surface area contributed by atoms with Gasteiger partial charge in [-0.25, -0.2) is 0 Å². The van der Waals surface area contributed by atoms with E-state index in [0.717, 1.165) is 0 Å². The van der Waals surface area contributed by atoms with E-state index in [2.05, 4.69) is 10.6 Å². The van der Waals surface area contributed by atoms with Gasteiger partial charge in [0.1, 0.15) is 22.6 Å². The average molecular weight is 464 g/mol. The molecule has 0 aromatic heterocycles. The van der Waals surface area contributed by atoms with E-state index in [-0.39, 0.29) is 11.1 Å². The van der Waals surface area contributed by atoms with Gasteiger partial charge in [0.25, 0.3) is 11.8 Å². The van der Waals surface area contributed by atoms with Crippen molar-refractivity contribution in [3.63, 3.8) is 0 Å². The third-order valence-electron chi connectivity index (χ3n) is 5.04. The Balaban J connectivity index is 2.03. The fraction of sp³-hybridized carbons (Fsp3) is 0.364. The van der Waals surface area contributed by atoms with Crippen LogP contribution in [0.25, 0.3) is 0 Å². The summed E-state index contributed by atoms with van der Waals surface area (Å²) in [7, 11) is 0. The minimum absolute atomic E-state index is 0.217. The zero-order valence-corrected chi connectivity index (χ0v) is 17.8. The SMILES string of the molecule is O=C(NC(CO)(CO)CO)c1ccc(Oc2ccc(C(=O)NC(CO)(CO)CO)cc2)cc1. The van der Waals surface area contributed by atoms with Gasteiger partial charge in [-0.15, -0.1) is 0 Å². The lowest BCUT2D eigenvalue weighted by atomic mass is 10.0. The Morgan fingerprint density at radius 3 is 1.09 bits per heavy atom. The molecule has 11 heteroatoms. The second-order valence-electron chi connectivity index (χ2n) is 7.57. The zero-order valence-electron chi connectivity index (χ0n) is 17.8. The molecule has 2 aromatic rings. The normalized spacial score (nSPS) is 11.7. The molecule has 8 N–H and O–H groups in total. The third-order valence-corrected chi connectivity index (χ3v) is 5.04. The van der Waals surface area contributed by atoms with E-state index < -0.39 is 62.5 Å². The van der Waals surface area contributed by atoms with Gasteiger partial charge in [0.15, 0.2) is 0 Å². The van der Waals surface area contributed by atoms with Crippen molar-refractivity contribution in [2.24, 2.45) is 0 Å². The standard InChI is InChI=1S/C22H28N2O9/c25-9-21(10-26,11-27)23-19(31)15-1-5-17(6-2-15)33-18-7-3-16(4-8-18)20(32)24-22(12-28,13-29)14-30/h1-8,25-30H,9-14H2,(H,23,31)(H,24,32). The summed E-state index contributed by atoms with van der Waals surface area (Å²) in [5, 5.41) is 60.7. The van der Waals surface area contributed by atoms with Crippen LogP contribution < -0.4 is 15.4 Å². The summed E-state index contributed by atoms with van der Waals surface area (Å²) < 4.78 is 5.67. The van der Waals surface area contributed by atoms with Crippen molar-refractivity contribution < 1.29 is 45.0 Å². The molecule has 0 saturated heterocycles. The molecule has 2 rings (SSSR count). The van der Waals surface area contributed by atoms with Crippen LogP contribution in [0.1, 0.15) is 20.7 Å². The molecule has 11 nitrogen and oxygen atoms in total. The molecule has 0 saturated carbocycles. The van der Waals surface area contributed by atoms with E-state index in [9.17, 15) is 40.2 Å². The maximum atomic E-state index is 12.3. The van der Waals surface area contributed by atoms with Crippen LogP contribution in [0.15, 0.2) is 48.5 Å². The monoisotopic (exact) mass is 464 g/mol. The molecule has 0 aliphatic carbocycles. The molecule has 0 aliphatic rings. The molecule has 33 heavy (non-hydrogen) atoms. The predicted octanol–water partition coefficient (Wildman–Crippen LogP) is -1.63. The van der Waals surface area contributed by atoms with Crippen LogP contribution in [0.3, 0.4) is 0 Å². The van der Waals surface area contributed by atoms with Crippen LogP contribution >= 0.6 is 0 Å². The van der Waals surface area contributed by atoms with Crippen LogP contribution in [0, 0.1) is 0 Å². The summed E-state index contributed by atoms with van der Waals surface area (Å²) >= 11 is 0. The smallest absolute Gasteiger partial charge is 0.251 e. The Kier molecular flexibility index (Phi) is 9.29. The van der Waals surface area contributed by atoms with E-state index in [1.807, 2.05) is 0 Å². The first kappa shape index (κ1) is 26.2. The molecular weight excluding hydrogens is 436 g/mol. The minimum atomic E-state index is -1.54. The van der Waals surface area contributed by atoms with Crippen molar-refractivity contribution in [2.45, 2.75) is 11.1 Å². The first-order valence-electron chi connectivity index (χ1n) is 9.98. The van der Waals surface area contributed by atoms with E-state index in [0.29, 0.717) is 11.5 Å². The van der Waals surface area contributed by atoms with Gasteiger partial charge in [-0.1, -0.05) is 0 Å². The fourth-order valence-corrected chi connectivity index (χ4v) is 2.65. The summed E-state index contributed by atoms with van der Waals surface area (Å²) in [6.45, 7) is -3.82. The van der Waals surface area contributed by atoms with Crippen LogP contribution in [-0.4, -0.2) is 93.2 Å². The van der Waals surface area contributed by atoms with Crippen LogP contribution in [-0.2, 0) is 0 Å². The number of amides is 2. The number of carbonyl (C=O) groups is 2. The number of ether oxygens (including phenoxy) is 1. The van der Waals surface area contributed by atoms with Crippen molar-refractivity contribution >= 4 is 11.8 Å². The summed E-state index contributed by atoms with van der Waals surface area (Å²) in [5.41, 5.74) is -2.64. The predicted molar refractivity (Wildman–Crippen MR) is 116 cm³/mol. The highest BCUT2D eigenvalue weighted by atomic mass is 16.5. The third kappa shape index (κ3) is 6.48. The first-order valence-corrected chi connectivity index (χ1v) is 9.98. The molecule has 0 bridgehead atoms. The molecule has 0 radical (unpaired) electrons. The Morgan fingerprint density at radius 1 is 0.576 bits per heavy atom. The number of aliphatic hydroxyl groups is 6.